The summed E-state index contributed by atoms with van der Waals surface area (Å²) in [5.74, 6) is 1.04. The van der Waals surface area contributed by atoms with Gasteiger partial charge in [0.2, 0.25) is 5.91 Å². The Morgan fingerprint density at radius 1 is 1.04 bits per heavy atom. The van der Waals surface area contributed by atoms with Gasteiger partial charge in [-0.05, 0) is 57.1 Å². The number of hydrogen-bond acceptors (Lipinski definition) is 3. The number of nitrogens with zero attached hydrogens (tertiary/aromatic N) is 4. The van der Waals surface area contributed by atoms with Gasteiger partial charge in [0.25, 0.3) is 0 Å². The number of piperidine rings is 1. The van der Waals surface area contributed by atoms with E-state index in [1.165, 1.54) is 19.3 Å². The summed E-state index contributed by atoms with van der Waals surface area (Å²) in [7, 11) is 1.84. The van der Waals surface area contributed by atoms with Gasteiger partial charge in [0.05, 0.1) is 17.1 Å². The van der Waals surface area contributed by atoms with E-state index in [0.29, 0.717) is 6.54 Å². The number of aromatic nitrogens is 2. The Labute approximate surface area is 166 Å². The molecule has 1 unspecified atom stereocenters. The van der Waals surface area contributed by atoms with Crippen LogP contribution in [0.15, 0.2) is 54.6 Å². The zero-order chi connectivity index (χ0) is 19.5. The van der Waals surface area contributed by atoms with Gasteiger partial charge in [-0.25, -0.2) is 4.98 Å². The molecule has 0 N–H and O–H groups in total. The number of amides is 1. The van der Waals surface area contributed by atoms with Crippen LogP contribution in [0.25, 0.3) is 11.0 Å². The van der Waals surface area contributed by atoms with Crippen molar-refractivity contribution < 1.29 is 4.79 Å². The number of carbonyl (C=O) groups excluding carboxylic acids is 1. The Morgan fingerprint density at radius 3 is 2.46 bits per heavy atom. The molecule has 2 heterocycles. The molecular formula is C23H28N4O. The lowest BCUT2D eigenvalue weighted by molar-refractivity contribution is -0.118. The highest BCUT2D eigenvalue weighted by Gasteiger charge is 2.25. The van der Waals surface area contributed by atoms with Crippen LogP contribution in [-0.2, 0) is 11.3 Å². The SMILES string of the molecule is CC(c1nc2ccccc2n1CC(=O)N(C)c1ccccc1)N1CCCCC1. The minimum absolute atomic E-state index is 0.0569. The van der Waals surface area contributed by atoms with Crippen molar-refractivity contribution in [2.75, 3.05) is 25.0 Å². The van der Waals surface area contributed by atoms with E-state index in [4.69, 9.17) is 4.98 Å². The normalized spacial score (nSPS) is 16.2. The van der Waals surface area contributed by atoms with Crippen molar-refractivity contribution in [2.24, 2.45) is 0 Å². The second kappa shape index (κ2) is 8.15. The van der Waals surface area contributed by atoms with Crippen LogP contribution in [0, 0.1) is 0 Å². The first-order valence-corrected chi connectivity index (χ1v) is 10.2. The number of para-hydroxylation sites is 3. The molecule has 4 rings (SSSR count). The summed E-state index contributed by atoms with van der Waals surface area (Å²) in [6.07, 6.45) is 3.78. The largest absolute Gasteiger partial charge is 0.317 e. The number of hydrogen-bond donors (Lipinski definition) is 0. The van der Waals surface area contributed by atoms with E-state index in [-0.39, 0.29) is 11.9 Å². The molecule has 1 amide bonds. The van der Waals surface area contributed by atoms with E-state index in [1.807, 2.05) is 55.6 Å². The summed E-state index contributed by atoms with van der Waals surface area (Å²) in [4.78, 5) is 22.2. The van der Waals surface area contributed by atoms with Crippen molar-refractivity contribution in [3.05, 3.63) is 60.4 Å². The molecule has 0 radical (unpaired) electrons. The standard InChI is InChI=1S/C23H28N4O/c1-18(26-15-9-4-10-16-26)23-24-20-13-7-8-14-21(20)27(23)17-22(28)25(2)19-11-5-3-6-12-19/h3,5-8,11-14,18H,4,9-10,15-17H2,1-2H3. The third kappa shape index (κ3) is 3.67. The Hall–Kier alpha value is -2.66. The molecular weight excluding hydrogens is 348 g/mol. The van der Waals surface area contributed by atoms with Crippen molar-refractivity contribution in [3.8, 4) is 0 Å². The summed E-state index contributed by atoms with van der Waals surface area (Å²) in [6.45, 7) is 4.71. The Kier molecular flexibility index (Phi) is 5.44. The predicted octanol–water partition coefficient (Wildman–Crippen LogP) is 4.25. The van der Waals surface area contributed by atoms with E-state index in [2.05, 4.69) is 22.5 Å². The van der Waals surface area contributed by atoms with Gasteiger partial charge in [-0.1, -0.05) is 36.8 Å². The minimum Gasteiger partial charge on any atom is -0.317 e. The van der Waals surface area contributed by atoms with Crippen molar-refractivity contribution in [3.63, 3.8) is 0 Å². The van der Waals surface area contributed by atoms with Gasteiger partial charge in [0.1, 0.15) is 12.4 Å². The van der Waals surface area contributed by atoms with E-state index in [0.717, 1.165) is 35.6 Å². The van der Waals surface area contributed by atoms with Crippen LogP contribution in [0.4, 0.5) is 5.69 Å². The molecule has 1 aromatic heterocycles. The summed E-state index contributed by atoms with van der Waals surface area (Å²) in [5, 5.41) is 0. The fraction of sp³-hybridized carbons (Fsp3) is 0.391. The van der Waals surface area contributed by atoms with Gasteiger partial charge in [-0.15, -0.1) is 0 Å². The van der Waals surface area contributed by atoms with Crippen molar-refractivity contribution in [1.82, 2.24) is 14.5 Å². The number of likely N-dealkylation sites (N-methyl/N-ethyl adjacent to an activating group) is 1. The topological polar surface area (TPSA) is 41.4 Å². The molecule has 1 aliphatic heterocycles. The molecule has 146 valence electrons. The number of rotatable bonds is 5. The van der Waals surface area contributed by atoms with E-state index >= 15 is 0 Å². The van der Waals surface area contributed by atoms with E-state index in [9.17, 15) is 4.79 Å². The van der Waals surface area contributed by atoms with E-state index < -0.39 is 0 Å². The lowest BCUT2D eigenvalue weighted by Gasteiger charge is -2.32. The molecule has 0 saturated carbocycles. The van der Waals surface area contributed by atoms with E-state index in [1.54, 1.807) is 4.90 Å². The molecule has 2 aromatic carbocycles. The zero-order valence-electron chi connectivity index (χ0n) is 16.7. The predicted molar refractivity (Wildman–Crippen MR) is 113 cm³/mol. The van der Waals surface area contributed by atoms with Crippen LogP contribution in [0.5, 0.6) is 0 Å². The molecule has 5 heteroatoms. The highest BCUT2D eigenvalue weighted by Crippen LogP contribution is 2.27. The smallest absolute Gasteiger partial charge is 0.246 e. The Balaban J connectivity index is 1.66. The molecule has 0 bridgehead atoms. The lowest BCUT2D eigenvalue weighted by atomic mass is 10.1. The monoisotopic (exact) mass is 376 g/mol. The number of fused-ring (bicyclic) bond motifs is 1. The number of carbonyl (C=O) groups is 1. The molecule has 1 aliphatic rings. The molecule has 5 nitrogen and oxygen atoms in total. The fourth-order valence-electron chi connectivity index (χ4n) is 4.09. The molecule has 1 atom stereocenters. The van der Waals surface area contributed by atoms with Gasteiger partial charge in [0, 0.05) is 12.7 Å². The first kappa shape index (κ1) is 18.7. The van der Waals surface area contributed by atoms with Crippen molar-refractivity contribution in [2.45, 2.75) is 38.8 Å². The third-order valence-corrected chi connectivity index (χ3v) is 5.81. The first-order chi connectivity index (χ1) is 13.6. The number of anilines is 1. The molecule has 3 aromatic rings. The van der Waals surface area contributed by atoms with Crippen molar-refractivity contribution in [1.29, 1.82) is 0 Å². The molecule has 0 aliphatic carbocycles. The maximum absolute atomic E-state index is 13.1. The second-order valence-corrected chi connectivity index (χ2v) is 7.61. The van der Waals surface area contributed by atoms with Gasteiger partial charge >= 0.3 is 0 Å². The minimum atomic E-state index is 0.0569. The molecule has 0 spiro atoms. The molecule has 28 heavy (non-hydrogen) atoms. The second-order valence-electron chi connectivity index (χ2n) is 7.61. The number of likely N-dealkylation sites (tertiary alicyclic amines) is 1. The van der Waals surface area contributed by atoms with Gasteiger partial charge < -0.3 is 9.47 Å². The zero-order valence-corrected chi connectivity index (χ0v) is 16.7. The van der Waals surface area contributed by atoms with Crippen LogP contribution in [0.2, 0.25) is 0 Å². The lowest BCUT2D eigenvalue weighted by Crippen LogP contribution is -2.35. The summed E-state index contributed by atoms with van der Waals surface area (Å²) >= 11 is 0. The summed E-state index contributed by atoms with van der Waals surface area (Å²) in [6, 6.07) is 18.1. The molecule has 1 saturated heterocycles. The number of imidazole rings is 1. The highest BCUT2D eigenvalue weighted by atomic mass is 16.2. The van der Waals surface area contributed by atoms with Gasteiger partial charge in [0.15, 0.2) is 0 Å². The van der Waals surface area contributed by atoms with Crippen LogP contribution < -0.4 is 4.90 Å². The average Bonchev–Trinajstić information content (AvgIpc) is 3.12. The Morgan fingerprint density at radius 2 is 1.71 bits per heavy atom. The van der Waals surface area contributed by atoms with Crippen LogP contribution in [-0.4, -0.2) is 40.5 Å². The van der Waals surface area contributed by atoms with Crippen LogP contribution >= 0.6 is 0 Å². The first-order valence-electron chi connectivity index (χ1n) is 10.2. The van der Waals surface area contributed by atoms with Crippen molar-refractivity contribution >= 4 is 22.6 Å². The maximum atomic E-state index is 13.1. The van der Waals surface area contributed by atoms with Gasteiger partial charge in [-0.3, -0.25) is 9.69 Å². The fourth-order valence-corrected chi connectivity index (χ4v) is 4.09. The maximum Gasteiger partial charge on any atom is 0.246 e. The Bertz CT molecular complexity index is 944. The average molecular weight is 377 g/mol. The number of benzene rings is 2. The summed E-state index contributed by atoms with van der Waals surface area (Å²) < 4.78 is 2.11. The molecule has 1 fully saturated rings. The van der Waals surface area contributed by atoms with Crippen LogP contribution in [0.3, 0.4) is 0 Å². The van der Waals surface area contributed by atoms with Gasteiger partial charge in [-0.2, -0.15) is 0 Å². The van der Waals surface area contributed by atoms with Crippen LogP contribution in [0.1, 0.15) is 38.1 Å². The quantitative estimate of drug-likeness (QED) is 0.669. The third-order valence-electron chi connectivity index (χ3n) is 5.81. The summed E-state index contributed by atoms with van der Waals surface area (Å²) in [5.41, 5.74) is 2.88. The highest BCUT2D eigenvalue weighted by molar-refractivity contribution is 5.93.